The van der Waals surface area contributed by atoms with Gasteiger partial charge in [-0.3, -0.25) is 15.2 Å². The standard InChI is InChI=1S/C37H47ClN2O13/c1-24(37(46)53-33-16-12-25(20-34(33)49-2)13-17-36(45)50-18-19-52-40(47)48)39-35(44)11-6-4-3-5-10-29-30(32(43)22-31(29)42)15-14-27(41)23-51-28-9-7-8-26(38)21-28/h3,5,7-9,12-17,20-21,24,27,29-32,41-43,47-48H,4,6,10-11,18-19,22-23H2,1-2H3,(H,39,44)/b5-3-,15-14+,17-13+/t24?,27-,29-,30-,31+,32-/m1/s1. The van der Waals surface area contributed by atoms with Crippen LogP contribution >= 0.6 is 11.6 Å². The van der Waals surface area contributed by atoms with Crippen LogP contribution in [0.2, 0.25) is 5.02 Å². The Balaban J connectivity index is 1.38. The topological polar surface area (TPSA) is 214 Å². The normalized spacial score (nSPS) is 19.9. The van der Waals surface area contributed by atoms with Gasteiger partial charge in [0.2, 0.25) is 5.91 Å². The van der Waals surface area contributed by atoms with Gasteiger partial charge < -0.3 is 39.6 Å². The van der Waals surface area contributed by atoms with Crippen LogP contribution < -0.4 is 19.5 Å². The van der Waals surface area contributed by atoms with E-state index in [1.165, 1.54) is 32.2 Å². The average molecular weight is 763 g/mol. The maximum Gasteiger partial charge on any atom is 0.333 e. The van der Waals surface area contributed by atoms with Crippen molar-refractivity contribution in [3.8, 4) is 17.2 Å². The third-order valence-electron chi connectivity index (χ3n) is 8.11. The number of halogens is 1. The number of nitrogens with zero attached hydrogens (tertiary/aromatic N) is 1. The quantitative estimate of drug-likeness (QED) is 0.0267. The Morgan fingerprint density at radius 3 is 2.58 bits per heavy atom. The fourth-order valence-corrected chi connectivity index (χ4v) is 5.60. The molecule has 6 N–H and O–H groups in total. The molecular weight excluding hydrogens is 716 g/mol. The van der Waals surface area contributed by atoms with Gasteiger partial charge in [-0.25, -0.2) is 14.4 Å². The first-order chi connectivity index (χ1) is 25.4. The molecule has 6 atom stereocenters. The Bertz CT molecular complexity index is 1570. The van der Waals surface area contributed by atoms with Crippen LogP contribution in [-0.4, -0.2) is 100 Å². The van der Waals surface area contributed by atoms with Crippen molar-refractivity contribution in [1.82, 2.24) is 10.7 Å². The number of unbranched alkanes of at least 4 members (excludes halogenated alkanes) is 1. The molecule has 3 rings (SSSR count). The number of methoxy groups -OCH3 is 1. The van der Waals surface area contributed by atoms with Gasteiger partial charge in [-0.05, 0) is 74.1 Å². The minimum absolute atomic E-state index is 0.00320. The number of amides is 1. The molecule has 0 spiro atoms. The van der Waals surface area contributed by atoms with Crippen LogP contribution in [-0.2, 0) is 24.0 Å². The lowest BCUT2D eigenvalue weighted by Crippen LogP contribution is -2.40. The van der Waals surface area contributed by atoms with E-state index in [0.717, 1.165) is 6.08 Å². The lowest BCUT2D eigenvalue weighted by atomic mass is 9.89. The van der Waals surface area contributed by atoms with Gasteiger partial charge in [0.05, 0.1) is 24.7 Å². The highest BCUT2D eigenvalue weighted by atomic mass is 35.5. The van der Waals surface area contributed by atoms with Gasteiger partial charge in [0.1, 0.15) is 37.7 Å². The molecule has 1 amide bonds. The van der Waals surface area contributed by atoms with E-state index in [2.05, 4.69) is 10.2 Å². The molecule has 15 nitrogen and oxygen atoms in total. The maximum absolute atomic E-state index is 12.7. The van der Waals surface area contributed by atoms with E-state index >= 15 is 0 Å². The number of allylic oxidation sites excluding steroid dienone is 2. The van der Waals surface area contributed by atoms with Crippen LogP contribution in [0.3, 0.4) is 0 Å². The smallest absolute Gasteiger partial charge is 0.333 e. The first kappa shape index (κ1) is 43.1. The zero-order chi connectivity index (χ0) is 38.8. The summed E-state index contributed by atoms with van der Waals surface area (Å²) in [5, 5.41) is 50.9. The largest absolute Gasteiger partial charge is 0.493 e. The first-order valence-corrected chi connectivity index (χ1v) is 17.3. The van der Waals surface area contributed by atoms with Gasteiger partial charge in [0, 0.05) is 29.9 Å². The van der Waals surface area contributed by atoms with Gasteiger partial charge in [0.15, 0.2) is 11.5 Å². The molecule has 290 valence electrons. The van der Waals surface area contributed by atoms with Crippen LogP contribution in [0.4, 0.5) is 0 Å². The average Bonchev–Trinajstić information content (AvgIpc) is 3.39. The lowest BCUT2D eigenvalue weighted by Gasteiger charge is -2.19. The first-order valence-electron chi connectivity index (χ1n) is 17.0. The number of aliphatic hydroxyl groups is 3. The molecule has 0 bridgehead atoms. The fraction of sp³-hybridized carbons (Fsp3) is 0.432. The summed E-state index contributed by atoms with van der Waals surface area (Å²) in [6, 6.07) is 10.5. The molecule has 0 aliphatic heterocycles. The fourth-order valence-electron chi connectivity index (χ4n) is 5.42. The predicted molar refractivity (Wildman–Crippen MR) is 191 cm³/mol. The molecule has 0 aromatic heterocycles. The van der Waals surface area contributed by atoms with Crippen LogP contribution in [0.25, 0.3) is 6.08 Å². The second-order valence-electron chi connectivity index (χ2n) is 12.1. The Kier molecular flexibility index (Phi) is 18.4. The van der Waals surface area contributed by atoms with Gasteiger partial charge in [0.25, 0.3) is 0 Å². The number of carbonyl (C=O) groups is 3. The molecule has 16 heteroatoms. The van der Waals surface area contributed by atoms with Crippen LogP contribution in [0.1, 0.15) is 44.6 Å². The summed E-state index contributed by atoms with van der Waals surface area (Å²) < 4.78 is 21.1. The number of aliphatic hydroxyl groups excluding tert-OH is 3. The third-order valence-corrected chi connectivity index (χ3v) is 8.35. The van der Waals surface area contributed by atoms with Gasteiger partial charge in [-0.15, -0.1) is 0 Å². The second kappa shape index (κ2) is 22.7. The monoisotopic (exact) mass is 762 g/mol. The van der Waals surface area contributed by atoms with Crippen molar-refractivity contribution in [3.05, 3.63) is 83.4 Å². The van der Waals surface area contributed by atoms with E-state index in [9.17, 15) is 29.7 Å². The van der Waals surface area contributed by atoms with E-state index in [-0.39, 0.29) is 61.9 Å². The highest BCUT2D eigenvalue weighted by Gasteiger charge is 2.39. The molecule has 1 aliphatic rings. The van der Waals surface area contributed by atoms with Crippen LogP contribution in [0, 0.1) is 11.8 Å². The number of benzene rings is 2. The summed E-state index contributed by atoms with van der Waals surface area (Å²) in [7, 11) is 1.38. The van der Waals surface area contributed by atoms with Gasteiger partial charge in [-0.1, -0.05) is 48.0 Å². The molecule has 2 aromatic rings. The van der Waals surface area contributed by atoms with Crippen molar-refractivity contribution in [3.63, 3.8) is 0 Å². The number of hydrogen-bond donors (Lipinski definition) is 6. The van der Waals surface area contributed by atoms with E-state index < -0.39 is 41.7 Å². The molecule has 0 radical (unpaired) electrons. The number of rotatable bonds is 21. The zero-order valence-electron chi connectivity index (χ0n) is 29.5. The highest BCUT2D eigenvalue weighted by Crippen LogP contribution is 2.36. The lowest BCUT2D eigenvalue weighted by molar-refractivity contribution is -0.493. The van der Waals surface area contributed by atoms with Crippen molar-refractivity contribution in [2.75, 3.05) is 26.9 Å². The van der Waals surface area contributed by atoms with E-state index in [1.807, 2.05) is 12.2 Å². The molecule has 1 unspecified atom stereocenters. The third kappa shape index (κ3) is 15.7. The van der Waals surface area contributed by atoms with Crippen molar-refractivity contribution in [2.24, 2.45) is 11.8 Å². The van der Waals surface area contributed by atoms with Crippen molar-refractivity contribution < 1.29 is 63.9 Å². The molecule has 2 aromatic carbocycles. The Hall–Kier alpha value is -4.32. The molecule has 0 heterocycles. The van der Waals surface area contributed by atoms with E-state index in [0.29, 0.717) is 35.6 Å². The summed E-state index contributed by atoms with van der Waals surface area (Å²) in [5.41, 5.74) is 0.531. The summed E-state index contributed by atoms with van der Waals surface area (Å²) >= 11 is 5.96. The predicted octanol–water partition coefficient (Wildman–Crippen LogP) is 3.80. The minimum atomic E-state index is -0.952. The number of ether oxygens (including phenoxy) is 4. The van der Waals surface area contributed by atoms with E-state index in [4.69, 9.17) is 41.0 Å². The van der Waals surface area contributed by atoms with Crippen molar-refractivity contribution >= 4 is 35.5 Å². The van der Waals surface area contributed by atoms with Crippen LogP contribution in [0.15, 0.2) is 72.8 Å². The molecular formula is C37H47ClN2O13. The molecule has 0 saturated heterocycles. The summed E-state index contributed by atoms with van der Waals surface area (Å²) in [6.07, 6.45) is 9.28. The molecule has 1 aliphatic carbocycles. The number of nitrogens with one attached hydrogen (secondary N) is 1. The zero-order valence-corrected chi connectivity index (χ0v) is 30.2. The summed E-state index contributed by atoms with van der Waals surface area (Å²) in [4.78, 5) is 41.3. The molecule has 53 heavy (non-hydrogen) atoms. The van der Waals surface area contributed by atoms with Crippen molar-refractivity contribution in [1.29, 1.82) is 0 Å². The SMILES string of the molecule is COc1cc(/C=C/C(=O)OCCON(O)O)ccc1OC(=O)C(C)NC(=O)CCC/C=C\C[C@@H]1[C@@H](/C=C/[C@@H](O)COc2cccc(Cl)c2)[C@H](O)C[C@@H]1O. The Labute approximate surface area is 312 Å². The Morgan fingerprint density at radius 2 is 1.85 bits per heavy atom. The van der Waals surface area contributed by atoms with Crippen molar-refractivity contribution in [2.45, 2.75) is 63.4 Å². The molecule has 1 saturated carbocycles. The number of carbonyl (C=O) groups excluding carboxylic acids is 3. The number of esters is 2. The van der Waals surface area contributed by atoms with E-state index in [1.54, 1.807) is 42.5 Å². The Morgan fingerprint density at radius 1 is 1.06 bits per heavy atom. The van der Waals surface area contributed by atoms with Crippen LogP contribution in [0.5, 0.6) is 17.2 Å². The number of hydrogen-bond acceptors (Lipinski definition) is 14. The molecule has 1 fully saturated rings. The van der Waals surface area contributed by atoms with Gasteiger partial charge >= 0.3 is 11.9 Å². The minimum Gasteiger partial charge on any atom is -0.493 e. The summed E-state index contributed by atoms with van der Waals surface area (Å²) in [5.74, 6) is -1.51. The van der Waals surface area contributed by atoms with Gasteiger partial charge in [-0.2, -0.15) is 0 Å². The second-order valence-corrected chi connectivity index (χ2v) is 12.6. The summed E-state index contributed by atoms with van der Waals surface area (Å²) in [6.45, 7) is 1.01. The maximum atomic E-state index is 12.7. The highest BCUT2D eigenvalue weighted by molar-refractivity contribution is 6.30.